The van der Waals surface area contributed by atoms with Gasteiger partial charge in [-0.15, -0.1) is 0 Å². The zero-order chi connectivity index (χ0) is 22.4. The second-order valence-electron chi connectivity index (χ2n) is 12.3. The molecule has 5 aliphatic rings. The van der Waals surface area contributed by atoms with Crippen LogP contribution >= 0.6 is 0 Å². The summed E-state index contributed by atoms with van der Waals surface area (Å²) in [6, 6.07) is 0. The molecule has 174 valence electrons. The maximum absolute atomic E-state index is 13.1. The second kappa shape index (κ2) is 6.79. The molecule has 9 atom stereocenters. The molecule has 5 nitrogen and oxygen atoms in total. The predicted octanol–water partition coefficient (Wildman–Crippen LogP) is 5.05. The van der Waals surface area contributed by atoms with Crippen molar-refractivity contribution >= 4 is 11.8 Å². The minimum absolute atomic E-state index is 0.0943. The zero-order valence-electron chi connectivity index (χ0n) is 20.2. The fourth-order valence-electron chi connectivity index (χ4n) is 9.31. The van der Waals surface area contributed by atoms with Gasteiger partial charge in [-0.05, 0) is 101 Å². The van der Waals surface area contributed by atoms with Gasteiger partial charge < -0.3 is 14.2 Å². The molecular weight excluding hydrogens is 392 g/mol. The Morgan fingerprint density at radius 1 is 0.903 bits per heavy atom. The smallest absolute Gasteiger partial charge is 0.302 e. The number of hydrogen-bond donors (Lipinski definition) is 0. The predicted molar refractivity (Wildman–Crippen MR) is 116 cm³/mol. The van der Waals surface area contributed by atoms with Crippen molar-refractivity contribution in [1.29, 1.82) is 0 Å². The molecule has 31 heavy (non-hydrogen) atoms. The highest BCUT2D eigenvalue weighted by Crippen LogP contribution is 2.71. The minimum Gasteiger partial charge on any atom is -0.463 e. The maximum atomic E-state index is 13.1. The third-order valence-corrected chi connectivity index (χ3v) is 10.5. The highest BCUT2D eigenvalue weighted by atomic mass is 16.8. The number of Topliss-reactive ketones (excluding diaryl/α,β-unsaturated/α-hetero) is 1. The fourth-order valence-corrected chi connectivity index (χ4v) is 9.31. The second-order valence-corrected chi connectivity index (χ2v) is 12.3. The van der Waals surface area contributed by atoms with Gasteiger partial charge in [0, 0.05) is 12.3 Å². The molecule has 1 heterocycles. The Kier molecular flexibility index (Phi) is 4.79. The average molecular weight is 433 g/mol. The topological polar surface area (TPSA) is 61.8 Å². The lowest BCUT2D eigenvalue weighted by Gasteiger charge is -2.61. The first-order chi connectivity index (χ1) is 14.4. The van der Waals surface area contributed by atoms with Crippen LogP contribution in [0.4, 0.5) is 0 Å². The molecule has 5 heteroatoms. The number of rotatable bonds is 2. The lowest BCUT2D eigenvalue weighted by Crippen LogP contribution is -2.60. The van der Waals surface area contributed by atoms with E-state index in [0.29, 0.717) is 29.1 Å². The van der Waals surface area contributed by atoms with Crippen LogP contribution in [0.15, 0.2) is 0 Å². The van der Waals surface area contributed by atoms with Crippen molar-refractivity contribution < 1.29 is 23.8 Å². The first-order valence-corrected chi connectivity index (χ1v) is 12.5. The van der Waals surface area contributed by atoms with Gasteiger partial charge in [-0.25, -0.2) is 0 Å². The number of ketones is 1. The van der Waals surface area contributed by atoms with Crippen LogP contribution in [0.2, 0.25) is 0 Å². The Labute approximate surface area is 186 Å². The van der Waals surface area contributed by atoms with Gasteiger partial charge >= 0.3 is 5.97 Å². The summed E-state index contributed by atoms with van der Waals surface area (Å²) in [7, 11) is 0. The summed E-state index contributed by atoms with van der Waals surface area (Å²) in [5.41, 5.74) is -0.642. The summed E-state index contributed by atoms with van der Waals surface area (Å²) in [4.78, 5) is 24.6. The minimum atomic E-state index is -0.795. The van der Waals surface area contributed by atoms with Crippen LogP contribution in [-0.2, 0) is 23.8 Å². The molecule has 4 saturated carbocycles. The lowest BCUT2D eigenvalue weighted by atomic mass is 9.44. The fraction of sp³-hybridized carbons (Fsp3) is 0.923. The number of esters is 1. The molecule has 0 spiro atoms. The highest BCUT2D eigenvalue weighted by molar-refractivity contribution is 5.88. The van der Waals surface area contributed by atoms with Gasteiger partial charge in [0.05, 0.1) is 6.10 Å². The van der Waals surface area contributed by atoms with Crippen LogP contribution in [0.5, 0.6) is 0 Å². The van der Waals surface area contributed by atoms with Crippen molar-refractivity contribution in [1.82, 2.24) is 0 Å². The molecule has 0 radical (unpaired) electrons. The third-order valence-electron chi connectivity index (χ3n) is 10.5. The van der Waals surface area contributed by atoms with Crippen LogP contribution in [0.3, 0.4) is 0 Å². The Hall–Kier alpha value is -0.940. The van der Waals surface area contributed by atoms with E-state index in [9.17, 15) is 9.59 Å². The first kappa shape index (κ1) is 21.9. The first-order valence-electron chi connectivity index (χ1n) is 12.5. The van der Waals surface area contributed by atoms with Gasteiger partial charge in [0.1, 0.15) is 6.10 Å². The van der Waals surface area contributed by atoms with Crippen LogP contribution in [-0.4, -0.2) is 35.3 Å². The number of hydrogen-bond acceptors (Lipinski definition) is 5. The molecule has 0 aromatic rings. The monoisotopic (exact) mass is 432 g/mol. The average Bonchev–Trinajstić information content (AvgIpc) is 3.08. The van der Waals surface area contributed by atoms with E-state index in [4.69, 9.17) is 14.2 Å². The van der Waals surface area contributed by atoms with E-state index in [1.807, 2.05) is 13.8 Å². The molecule has 1 aliphatic heterocycles. The van der Waals surface area contributed by atoms with Crippen molar-refractivity contribution in [2.45, 2.75) is 117 Å². The highest BCUT2D eigenvalue weighted by Gasteiger charge is 2.75. The van der Waals surface area contributed by atoms with Gasteiger partial charge in [-0.1, -0.05) is 13.8 Å². The Balaban J connectivity index is 1.43. The van der Waals surface area contributed by atoms with E-state index in [2.05, 4.69) is 13.8 Å². The van der Waals surface area contributed by atoms with Crippen LogP contribution in [0, 0.1) is 34.5 Å². The quantitative estimate of drug-likeness (QED) is 0.572. The van der Waals surface area contributed by atoms with Crippen molar-refractivity contribution in [2.75, 3.05) is 0 Å². The molecule has 4 aliphatic carbocycles. The SMILES string of the molecule is CC(=O)O[C@H]1CC[C@@]2(C)[C@@H](CC[C@H]3[C@H]2CC[C@]2(C)[C@@H]3C[C@H]3OC(C)(C)O[C@@]32C(C)=O)C1. The zero-order valence-corrected chi connectivity index (χ0v) is 20.2. The maximum Gasteiger partial charge on any atom is 0.302 e. The largest absolute Gasteiger partial charge is 0.463 e. The van der Waals surface area contributed by atoms with E-state index in [1.54, 1.807) is 6.92 Å². The summed E-state index contributed by atoms with van der Waals surface area (Å²) in [6.07, 6.45) is 8.66. The Bertz CT molecular complexity index is 791. The molecule has 0 aromatic heterocycles. The Morgan fingerprint density at radius 3 is 2.32 bits per heavy atom. The standard InChI is InChI=1S/C26H40O5/c1-15(27)26-22(30-23(3,4)31-26)14-21-19-8-7-17-13-18(29-16(2)28)9-11-24(17,5)20(19)10-12-25(21,26)6/h17-22H,7-14H2,1-6H3/t17-,18-,19-,20+,21+,22+,24-,25+,26-/m0/s1. The summed E-state index contributed by atoms with van der Waals surface area (Å²) in [5.74, 6) is 1.71. The number of ether oxygens (including phenoxy) is 3. The van der Waals surface area contributed by atoms with Crippen LogP contribution in [0.1, 0.15) is 92.9 Å². The van der Waals surface area contributed by atoms with Gasteiger partial charge in [-0.2, -0.15) is 0 Å². The van der Waals surface area contributed by atoms with Gasteiger partial charge in [0.15, 0.2) is 17.2 Å². The summed E-state index contributed by atoms with van der Waals surface area (Å²) in [5, 5.41) is 0. The number of fused-ring (bicyclic) bond motifs is 7. The molecule has 0 aromatic carbocycles. The van der Waals surface area contributed by atoms with E-state index in [-0.39, 0.29) is 29.4 Å². The van der Waals surface area contributed by atoms with Gasteiger partial charge in [0.2, 0.25) is 0 Å². The van der Waals surface area contributed by atoms with E-state index >= 15 is 0 Å². The van der Waals surface area contributed by atoms with Crippen molar-refractivity contribution in [3.63, 3.8) is 0 Å². The summed E-state index contributed by atoms with van der Waals surface area (Å²) >= 11 is 0. The number of carbonyl (C=O) groups excluding carboxylic acids is 2. The van der Waals surface area contributed by atoms with Crippen molar-refractivity contribution in [3.05, 3.63) is 0 Å². The van der Waals surface area contributed by atoms with E-state index < -0.39 is 11.4 Å². The van der Waals surface area contributed by atoms with E-state index in [0.717, 1.165) is 38.5 Å². The molecule has 5 rings (SSSR count). The van der Waals surface area contributed by atoms with Crippen molar-refractivity contribution in [3.8, 4) is 0 Å². The third kappa shape index (κ3) is 2.87. The van der Waals surface area contributed by atoms with Crippen molar-refractivity contribution in [2.24, 2.45) is 34.5 Å². The molecule has 0 bridgehead atoms. The van der Waals surface area contributed by atoms with Crippen LogP contribution < -0.4 is 0 Å². The number of carbonyl (C=O) groups is 2. The molecule has 0 unspecified atom stereocenters. The lowest BCUT2D eigenvalue weighted by molar-refractivity contribution is -0.219. The molecule has 1 saturated heterocycles. The molecular formula is C26H40O5. The normalized spacial score (nSPS) is 52.5. The van der Waals surface area contributed by atoms with E-state index in [1.165, 1.54) is 19.8 Å². The summed E-state index contributed by atoms with van der Waals surface area (Å²) < 4.78 is 18.5. The summed E-state index contributed by atoms with van der Waals surface area (Å²) in [6.45, 7) is 12.0. The Morgan fingerprint density at radius 2 is 1.65 bits per heavy atom. The molecule has 5 fully saturated rings. The van der Waals surface area contributed by atoms with Gasteiger partial charge in [-0.3, -0.25) is 9.59 Å². The molecule has 0 amide bonds. The van der Waals surface area contributed by atoms with Gasteiger partial charge in [0.25, 0.3) is 0 Å². The molecule has 0 N–H and O–H groups in total. The van der Waals surface area contributed by atoms with Crippen LogP contribution in [0.25, 0.3) is 0 Å².